The molecule has 1 N–H and O–H groups in total. The van der Waals surface area contributed by atoms with Gasteiger partial charge >= 0.3 is 0 Å². The molecular formula is C20H26N5OS2+. The van der Waals surface area contributed by atoms with Crippen molar-refractivity contribution in [1.82, 2.24) is 19.3 Å². The van der Waals surface area contributed by atoms with Crippen LogP contribution in [0, 0.1) is 4.77 Å². The molecule has 0 fully saturated rings. The van der Waals surface area contributed by atoms with Gasteiger partial charge in [0.2, 0.25) is 4.77 Å². The quantitative estimate of drug-likeness (QED) is 0.602. The summed E-state index contributed by atoms with van der Waals surface area (Å²) < 4.78 is 10.1. The summed E-state index contributed by atoms with van der Waals surface area (Å²) in [6.45, 7) is 5.46. The highest BCUT2D eigenvalue weighted by molar-refractivity contribution is 7.71. The second kappa shape index (κ2) is 8.65. The zero-order chi connectivity index (χ0) is 19.5. The standard InChI is InChI=1S/C20H25N5OS2/c1-3-17-16-7-13-28-18(16)6-10-23(17)14-25-20(27)24(11-12-26-2)19(22-25)15-4-8-21-9-5-15/h4-5,7-9,13,17H,3,6,10-12,14H2,1-2H3/p+1/t17-/m1/s1. The summed E-state index contributed by atoms with van der Waals surface area (Å²) in [5.41, 5.74) is 2.53. The molecular weight excluding hydrogens is 390 g/mol. The monoisotopic (exact) mass is 416 g/mol. The number of hydrogen-bond acceptors (Lipinski definition) is 5. The summed E-state index contributed by atoms with van der Waals surface area (Å²) in [5.74, 6) is 0.880. The molecule has 3 aromatic heterocycles. The first-order chi connectivity index (χ1) is 13.7. The van der Waals surface area contributed by atoms with Gasteiger partial charge in [-0.2, -0.15) is 4.68 Å². The second-order valence-electron chi connectivity index (χ2n) is 7.06. The van der Waals surface area contributed by atoms with Crippen LogP contribution in [0.25, 0.3) is 11.4 Å². The molecule has 1 aliphatic heterocycles. The highest BCUT2D eigenvalue weighted by atomic mass is 32.1. The lowest BCUT2D eigenvalue weighted by Crippen LogP contribution is -3.12. The van der Waals surface area contributed by atoms with Crippen molar-refractivity contribution >= 4 is 23.6 Å². The molecule has 0 saturated heterocycles. The lowest BCUT2D eigenvalue weighted by atomic mass is 9.98. The van der Waals surface area contributed by atoms with Gasteiger partial charge in [0.15, 0.2) is 12.5 Å². The van der Waals surface area contributed by atoms with Crippen LogP contribution in [0.3, 0.4) is 0 Å². The van der Waals surface area contributed by atoms with Crippen LogP contribution in [0.4, 0.5) is 0 Å². The first kappa shape index (κ1) is 19.4. The van der Waals surface area contributed by atoms with Crippen LogP contribution in [0.15, 0.2) is 36.0 Å². The molecule has 0 aromatic carbocycles. The minimum atomic E-state index is 0.505. The minimum absolute atomic E-state index is 0.505. The zero-order valence-electron chi connectivity index (χ0n) is 16.3. The van der Waals surface area contributed by atoms with E-state index in [0.717, 1.165) is 42.2 Å². The fraction of sp³-hybridized carbons (Fsp3) is 0.450. The molecule has 6 nitrogen and oxygen atoms in total. The van der Waals surface area contributed by atoms with Gasteiger partial charge in [-0.25, -0.2) is 0 Å². The predicted octanol–water partition coefficient (Wildman–Crippen LogP) is 2.73. The van der Waals surface area contributed by atoms with E-state index in [9.17, 15) is 0 Å². The maximum Gasteiger partial charge on any atom is 0.203 e. The van der Waals surface area contributed by atoms with E-state index in [2.05, 4.69) is 27.9 Å². The fourth-order valence-corrected chi connectivity index (χ4v) is 5.29. The van der Waals surface area contributed by atoms with Gasteiger partial charge in [-0.3, -0.25) is 9.55 Å². The largest absolute Gasteiger partial charge is 0.383 e. The van der Waals surface area contributed by atoms with E-state index in [4.69, 9.17) is 22.1 Å². The van der Waals surface area contributed by atoms with Gasteiger partial charge in [-0.15, -0.1) is 16.4 Å². The Labute approximate surface area is 174 Å². The van der Waals surface area contributed by atoms with Crippen LogP contribution in [0.1, 0.15) is 29.8 Å². The Morgan fingerprint density at radius 2 is 2.14 bits per heavy atom. The summed E-state index contributed by atoms with van der Waals surface area (Å²) in [4.78, 5) is 7.20. The topological polar surface area (TPSA) is 49.3 Å². The molecule has 0 radical (unpaired) electrons. The maximum atomic E-state index is 5.81. The zero-order valence-corrected chi connectivity index (χ0v) is 17.9. The van der Waals surface area contributed by atoms with Gasteiger partial charge in [0.25, 0.3) is 0 Å². The number of rotatable bonds is 7. The van der Waals surface area contributed by atoms with Gasteiger partial charge in [0, 0.05) is 48.3 Å². The smallest absolute Gasteiger partial charge is 0.203 e. The Balaban J connectivity index is 1.67. The minimum Gasteiger partial charge on any atom is -0.383 e. The van der Waals surface area contributed by atoms with E-state index in [0.29, 0.717) is 19.2 Å². The maximum absolute atomic E-state index is 5.81. The van der Waals surface area contributed by atoms with Crippen LogP contribution in [0.5, 0.6) is 0 Å². The number of ether oxygens (including phenoxy) is 1. The highest BCUT2D eigenvalue weighted by Crippen LogP contribution is 2.27. The SMILES string of the molecule is CC[C@@H]1c2ccsc2CC[NH+]1Cn1nc(-c2ccncc2)n(CCOC)c1=S. The van der Waals surface area contributed by atoms with E-state index in [1.54, 1.807) is 24.4 Å². The van der Waals surface area contributed by atoms with E-state index < -0.39 is 0 Å². The Hall–Kier alpha value is -1.87. The number of methoxy groups -OCH3 is 1. The van der Waals surface area contributed by atoms with Crippen LogP contribution >= 0.6 is 23.6 Å². The van der Waals surface area contributed by atoms with Crippen molar-refractivity contribution in [2.45, 2.75) is 39.0 Å². The summed E-state index contributed by atoms with van der Waals surface area (Å²) in [6, 6.07) is 6.76. The van der Waals surface area contributed by atoms with Crippen molar-refractivity contribution in [1.29, 1.82) is 0 Å². The average molecular weight is 417 g/mol. The molecule has 0 amide bonds. The number of pyridine rings is 1. The van der Waals surface area contributed by atoms with E-state index >= 15 is 0 Å². The first-order valence-corrected chi connectivity index (χ1v) is 11.0. The molecule has 0 spiro atoms. The van der Waals surface area contributed by atoms with E-state index in [-0.39, 0.29) is 0 Å². The molecule has 0 bridgehead atoms. The Bertz CT molecular complexity index is 978. The number of aromatic nitrogens is 4. The fourth-order valence-electron chi connectivity index (χ4n) is 4.07. The Kier molecular flexibility index (Phi) is 6.01. The molecule has 1 aliphatic rings. The van der Waals surface area contributed by atoms with Gasteiger partial charge in [0.05, 0.1) is 19.7 Å². The van der Waals surface area contributed by atoms with Gasteiger partial charge < -0.3 is 9.64 Å². The van der Waals surface area contributed by atoms with Crippen molar-refractivity contribution < 1.29 is 9.64 Å². The van der Waals surface area contributed by atoms with Crippen LogP contribution in [-0.2, 0) is 24.4 Å². The number of hydrogen-bond donors (Lipinski definition) is 1. The third-order valence-corrected chi connectivity index (χ3v) is 6.89. The van der Waals surface area contributed by atoms with Gasteiger partial charge in [-0.1, -0.05) is 6.92 Å². The van der Waals surface area contributed by atoms with E-state index in [1.807, 2.05) is 28.2 Å². The van der Waals surface area contributed by atoms with Crippen LogP contribution < -0.4 is 4.90 Å². The first-order valence-electron chi connectivity index (χ1n) is 9.70. The van der Waals surface area contributed by atoms with Gasteiger partial charge in [-0.05, 0) is 35.8 Å². The predicted molar refractivity (Wildman–Crippen MR) is 113 cm³/mol. The molecule has 8 heteroatoms. The number of thiophene rings is 1. The molecule has 2 atom stereocenters. The summed E-state index contributed by atoms with van der Waals surface area (Å²) >= 11 is 7.70. The number of nitrogens with one attached hydrogen (secondary N) is 1. The lowest BCUT2D eigenvalue weighted by Gasteiger charge is -2.31. The average Bonchev–Trinajstić information content (AvgIpc) is 3.32. The third-order valence-electron chi connectivity index (χ3n) is 5.46. The van der Waals surface area contributed by atoms with Crippen molar-refractivity contribution in [2.75, 3.05) is 20.3 Å². The second-order valence-corrected chi connectivity index (χ2v) is 8.43. The van der Waals surface area contributed by atoms with Crippen molar-refractivity contribution in [2.24, 2.45) is 0 Å². The summed E-state index contributed by atoms with van der Waals surface area (Å²) in [5, 5.41) is 7.14. The Morgan fingerprint density at radius 1 is 1.32 bits per heavy atom. The molecule has 1 unspecified atom stereocenters. The molecule has 0 saturated carbocycles. The molecule has 0 aliphatic carbocycles. The van der Waals surface area contributed by atoms with Crippen molar-refractivity contribution in [3.05, 3.63) is 51.2 Å². The third kappa shape index (κ3) is 3.69. The molecule has 28 heavy (non-hydrogen) atoms. The molecule has 4 heterocycles. The van der Waals surface area contributed by atoms with Gasteiger partial charge in [0.1, 0.15) is 6.04 Å². The normalized spacial score (nSPS) is 18.9. The van der Waals surface area contributed by atoms with Crippen molar-refractivity contribution in [3.8, 4) is 11.4 Å². The molecule has 148 valence electrons. The Morgan fingerprint density at radius 3 is 2.89 bits per heavy atom. The number of fused-ring (bicyclic) bond motifs is 1. The summed E-state index contributed by atoms with van der Waals surface area (Å²) in [6.07, 6.45) is 5.83. The molecule has 4 rings (SSSR count). The highest BCUT2D eigenvalue weighted by Gasteiger charge is 2.31. The van der Waals surface area contributed by atoms with Crippen LogP contribution in [0.2, 0.25) is 0 Å². The van der Waals surface area contributed by atoms with Crippen molar-refractivity contribution in [3.63, 3.8) is 0 Å². The summed E-state index contributed by atoms with van der Waals surface area (Å²) in [7, 11) is 1.71. The number of quaternary nitrogens is 1. The lowest BCUT2D eigenvalue weighted by molar-refractivity contribution is -0.956. The van der Waals surface area contributed by atoms with Crippen LogP contribution in [-0.4, -0.2) is 39.6 Å². The van der Waals surface area contributed by atoms with E-state index in [1.165, 1.54) is 10.5 Å². The number of nitrogens with zero attached hydrogens (tertiary/aromatic N) is 4. The molecule has 3 aromatic rings.